The molecule has 6 rings (SSSR count). The van der Waals surface area contributed by atoms with Crippen LogP contribution in [0.4, 0.5) is 34.1 Å². The number of nitrogens with zero attached hydrogens (tertiary/aromatic N) is 4. The van der Waals surface area contributed by atoms with E-state index < -0.39 is 57.7 Å². The molecule has 6 aromatic rings. The van der Waals surface area contributed by atoms with E-state index in [2.05, 4.69) is 24.6 Å². The van der Waals surface area contributed by atoms with E-state index in [1.165, 1.54) is 78.9 Å². The van der Waals surface area contributed by atoms with Crippen molar-refractivity contribution in [1.29, 1.82) is 0 Å². The molecule has 20 nitrogen and oxygen atoms in total. The van der Waals surface area contributed by atoms with Crippen molar-refractivity contribution in [2.45, 2.75) is 21.3 Å². The molecule has 24 heteroatoms. The van der Waals surface area contributed by atoms with Crippen molar-refractivity contribution in [1.82, 2.24) is 0 Å². The summed E-state index contributed by atoms with van der Waals surface area (Å²) in [4.78, 5) is -0.773. The second-order valence-corrected chi connectivity index (χ2v) is 19.6. The van der Waals surface area contributed by atoms with Gasteiger partial charge in [0.15, 0.2) is 0 Å². The van der Waals surface area contributed by atoms with E-state index in [4.69, 9.17) is 15.7 Å². The Morgan fingerprint density at radius 2 is 1.06 bits per heavy atom. The minimum absolute atomic E-state index is 0.00633. The first-order valence-electron chi connectivity index (χ1n) is 17.4. The lowest BCUT2D eigenvalue weighted by Crippen LogP contribution is -2.05. The first-order valence-corrected chi connectivity index (χ1v) is 23.4. The van der Waals surface area contributed by atoms with Crippen LogP contribution in [0.5, 0.6) is 11.5 Å². The second kappa shape index (κ2) is 17.2. The summed E-state index contributed by atoms with van der Waals surface area (Å²) in [5.74, 6) is -2.56. The van der Waals surface area contributed by atoms with E-state index in [9.17, 15) is 53.0 Å². The van der Waals surface area contributed by atoms with Crippen LogP contribution >= 0.6 is 0 Å². The number of anilines is 2. The summed E-state index contributed by atoms with van der Waals surface area (Å²) in [5.41, 5.74) is 12.9. The summed E-state index contributed by atoms with van der Waals surface area (Å²) in [6.07, 6.45) is 2.71. The Kier molecular flexibility index (Phi) is 12.5. The highest BCUT2D eigenvalue weighted by Gasteiger charge is 2.21. The van der Waals surface area contributed by atoms with Crippen molar-refractivity contribution < 1.29 is 61.4 Å². The Hall–Kier alpha value is -6.38. The molecule has 0 atom stereocenters. The lowest BCUT2D eigenvalue weighted by molar-refractivity contribution is 0.396. The molecule has 0 spiro atoms. The monoisotopic (exact) mass is 926 g/mol. The molecule has 0 amide bonds. The predicted octanol–water partition coefficient (Wildman–Crippen LogP) is 7.02. The maximum absolute atomic E-state index is 13.1. The number of nitrogens with two attached hydrogens (primary N) is 2. The lowest BCUT2D eigenvalue weighted by Gasteiger charge is -2.10. The molecule has 0 aliphatic heterocycles. The van der Waals surface area contributed by atoms with E-state index in [0.717, 1.165) is 32.4 Å². The SMILES string of the molecule is COS(=O)(=O)c1cc(O)c2c(N)ccc(N=Nc3ccc(/C=C/c4ccc(N=Nc5ccc(N)c6c(O)cc(CS(=O)(=O)O)cc56)cc4CS(=O)(=O)O)c(S(=O)(=O)OC)c3)c2c1. The number of aromatic hydroxyl groups is 2. The molecule has 0 aliphatic carbocycles. The Bertz CT molecular complexity index is 3360. The van der Waals surface area contributed by atoms with Crippen LogP contribution in [0.1, 0.15) is 22.3 Å². The number of phenols is 2. The van der Waals surface area contributed by atoms with Gasteiger partial charge in [0, 0.05) is 39.0 Å². The number of hydrogen-bond donors (Lipinski definition) is 6. The van der Waals surface area contributed by atoms with Crippen molar-refractivity contribution in [2.24, 2.45) is 20.5 Å². The summed E-state index contributed by atoms with van der Waals surface area (Å²) in [6, 6.07) is 18.3. The Labute approximate surface area is 354 Å². The third-order valence-corrected chi connectivity index (χ3v) is 13.0. The topological polar surface area (TPSA) is 337 Å². The van der Waals surface area contributed by atoms with Crippen LogP contribution in [0.15, 0.2) is 115 Å². The van der Waals surface area contributed by atoms with E-state index in [0.29, 0.717) is 0 Å². The van der Waals surface area contributed by atoms with Crippen molar-refractivity contribution in [2.75, 3.05) is 25.7 Å². The molecule has 0 bridgehead atoms. The lowest BCUT2D eigenvalue weighted by atomic mass is 10.0. The highest BCUT2D eigenvalue weighted by Crippen LogP contribution is 2.41. The van der Waals surface area contributed by atoms with Crippen LogP contribution < -0.4 is 11.5 Å². The molecule has 0 aliphatic rings. The quantitative estimate of drug-likeness (QED) is 0.0210. The summed E-state index contributed by atoms with van der Waals surface area (Å²) in [7, 11) is -15.9. The highest BCUT2D eigenvalue weighted by atomic mass is 32.2. The number of hydrogen-bond acceptors (Lipinski definition) is 18. The highest BCUT2D eigenvalue weighted by molar-refractivity contribution is 7.87. The summed E-state index contributed by atoms with van der Waals surface area (Å²) in [5, 5.41) is 38.3. The number of fused-ring (bicyclic) bond motifs is 2. The van der Waals surface area contributed by atoms with Crippen LogP contribution in [0.3, 0.4) is 0 Å². The normalized spacial score (nSPS) is 13.0. The third kappa shape index (κ3) is 10.2. The first kappa shape index (κ1) is 45.2. The Morgan fingerprint density at radius 3 is 1.61 bits per heavy atom. The standard InChI is InChI=1S/C38H34N6O14S4/c1-57-61(53,54)27-17-29-33(12-10-31(40)38(29)35(46)18-27)44-42-26-8-6-23(36(16-26)62(55,56)58-2)4-3-22-5-7-25(15-24(22)20-60(50,51)52)41-43-32-11-9-30(39)37-28(32)13-21(14-34(37)45)19-59(47,48)49/h3-18,45-46H,19-20,39-40H2,1-2H3,(H,47,48,49)(H,50,51,52)/b4-3+,43-41?,44-42?. The van der Waals surface area contributed by atoms with Crippen LogP contribution in [0, 0.1) is 0 Å². The molecule has 0 radical (unpaired) electrons. The van der Waals surface area contributed by atoms with Crippen LogP contribution in [0.2, 0.25) is 0 Å². The number of rotatable bonds is 14. The van der Waals surface area contributed by atoms with Gasteiger partial charge in [-0.25, -0.2) is 0 Å². The summed E-state index contributed by atoms with van der Waals surface area (Å²) >= 11 is 0. The average molecular weight is 927 g/mol. The zero-order chi connectivity index (χ0) is 45.4. The molecule has 0 unspecified atom stereocenters. The van der Waals surface area contributed by atoms with Crippen molar-refractivity contribution in [3.05, 3.63) is 107 Å². The van der Waals surface area contributed by atoms with Gasteiger partial charge in [0.05, 0.1) is 41.9 Å². The third-order valence-electron chi connectivity index (χ3n) is 9.04. The van der Waals surface area contributed by atoms with Gasteiger partial charge < -0.3 is 21.7 Å². The van der Waals surface area contributed by atoms with E-state index in [1.807, 2.05) is 0 Å². The first-order chi connectivity index (χ1) is 29.0. The van der Waals surface area contributed by atoms with Gasteiger partial charge in [-0.05, 0) is 89.0 Å². The molecule has 6 aromatic carbocycles. The van der Waals surface area contributed by atoms with Gasteiger partial charge in [-0.2, -0.15) is 43.9 Å². The van der Waals surface area contributed by atoms with Crippen molar-refractivity contribution >= 4 is 108 Å². The largest absolute Gasteiger partial charge is 0.507 e. The number of benzene rings is 6. The molecular formula is C38H34N6O14S4. The Balaban J connectivity index is 1.36. The molecule has 0 saturated carbocycles. The van der Waals surface area contributed by atoms with E-state index >= 15 is 0 Å². The molecule has 324 valence electrons. The van der Waals surface area contributed by atoms with E-state index in [-0.39, 0.29) is 93.5 Å². The molecule has 0 heterocycles. The fraction of sp³-hybridized carbons (Fsp3) is 0.105. The van der Waals surface area contributed by atoms with Crippen LogP contribution in [-0.2, 0) is 60.3 Å². The van der Waals surface area contributed by atoms with Crippen molar-refractivity contribution in [3.8, 4) is 11.5 Å². The van der Waals surface area contributed by atoms with Gasteiger partial charge in [-0.15, -0.1) is 10.2 Å². The molecule has 0 fully saturated rings. The second-order valence-electron chi connectivity index (χ2n) is 13.3. The molecule has 8 N–H and O–H groups in total. The van der Waals surface area contributed by atoms with Gasteiger partial charge in [0.1, 0.15) is 27.9 Å². The van der Waals surface area contributed by atoms with E-state index in [1.54, 1.807) is 0 Å². The number of phenolic OH excluding ortho intramolecular Hbond substituents is 2. The maximum Gasteiger partial charge on any atom is 0.297 e. The van der Waals surface area contributed by atoms with Gasteiger partial charge in [-0.1, -0.05) is 24.3 Å². The Morgan fingerprint density at radius 1 is 0.565 bits per heavy atom. The summed E-state index contributed by atoms with van der Waals surface area (Å²) in [6.45, 7) is 0. The maximum atomic E-state index is 13.1. The molecule has 0 aromatic heterocycles. The van der Waals surface area contributed by atoms with Gasteiger partial charge in [-0.3, -0.25) is 17.5 Å². The van der Waals surface area contributed by atoms with Gasteiger partial charge in [0.2, 0.25) is 0 Å². The van der Waals surface area contributed by atoms with Gasteiger partial charge >= 0.3 is 0 Å². The number of nitrogen functional groups attached to an aromatic ring is 2. The predicted molar refractivity (Wildman–Crippen MR) is 229 cm³/mol. The summed E-state index contributed by atoms with van der Waals surface area (Å²) < 4.78 is 127. The smallest absolute Gasteiger partial charge is 0.297 e. The van der Waals surface area contributed by atoms with Crippen molar-refractivity contribution in [3.63, 3.8) is 0 Å². The molecular weight excluding hydrogens is 893 g/mol. The average Bonchev–Trinajstić information content (AvgIpc) is 3.18. The minimum Gasteiger partial charge on any atom is -0.507 e. The molecule has 0 saturated heterocycles. The zero-order valence-electron chi connectivity index (χ0n) is 32.1. The molecule has 62 heavy (non-hydrogen) atoms. The van der Waals surface area contributed by atoms with Crippen LogP contribution in [0.25, 0.3) is 33.7 Å². The minimum atomic E-state index is -4.64. The fourth-order valence-electron chi connectivity index (χ4n) is 6.26. The van der Waals surface area contributed by atoms with Crippen LogP contribution in [-0.4, -0.2) is 67.2 Å². The number of azo groups is 2. The van der Waals surface area contributed by atoms with Gasteiger partial charge in [0.25, 0.3) is 40.5 Å². The zero-order valence-corrected chi connectivity index (χ0v) is 35.4. The fourth-order valence-corrected chi connectivity index (χ4v) is 9.07.